The first-order valence-corrected chi connectivity index (χ1v) is 7.60. The lowest BCUT2D eigenvalue weighted by Crippen LogP contribution is -2.10. The minimum atomic E-state index is 0.752. The normalized spacial score (nSPS) is 15.2. The Bertz CT molecular complexity index is 815. The maximum atomic E-state index is 4.12. The number of hydrogen-bond acceptors (Lipinski definition) is 4. The van der Waals surface area contributed by atoms with E-state index in [1.807, 2.05) is 24.3 Å². The molecule has 0 spiro atoms. The van der Waals surface area contributed by atoms with Crippen LogP contribution in [-0.2, 0) is 0 Å². The van der Waals surface area contributed by atoms with Crippen LogP contribution in [-0.4, -0.2) is 38.2 Å². The van der Waals surface area contributed by atoms with Gasteiger partial charge in [-0.3, -0.25) is 0 Å². The highest BCUT2D eigenvalue weighted by atomic mass is 15.5. The summed E-state index contributed by atoms with van der Waals surface area (Å²) in [5, 5.41) is 14.5. The van der Waals surface area contributed by atoms with Gasteiger partial charge in [0.25, 0.3) is 0 Å². The smallest absolute Gasteiger partial charge is 0.181 e. The van der Waals surface area contributed by atoms with Crippen LogP contribution in [0.15, 0.2) is 48.7 Å². The third kappa shape index (κ3) is 2.45. The van der Waals surface area contributed by atoms with Gasteiger partial charge in [-0.25, -0.2) is 0 Å². The lowest BCUT2D eigenvalue weighted by atomic mass is 10.1. The molecule has 1 aliphatic heterocycles. The highest BCUT2D eigenvalue weighted by molar-refractivity contribution is 5.84. The molecule has 0 radical (unpaired) electrons. The summed E-state index contributed by atoms with van der Waals surface area (Å²) in [5.74, 6) is 0.752. The minimum absolute atomic E-state index is 0.752. The maximum Gasteiger partial charge on any atom is 0.181 e. The molecule has 3 aromatic rings. The van der Waals surface area contributed by atoms with Crippen molar-refractivity contribution in [2.45, 2.75) is 12.8 Å². The van der Waals surface area contributed by atoms with E-state index in [0.29, 0.717) is 0 Å². The highest BCUT2D eigenvalue weighted by Gasteiger charge is 2.09. The zero-order valence-corrected chi connectivity index (χ0v) is 12.3. The van der Waals surface area contributed by atoms with Crippen molar-refractivity contribution in [3.63, 3.8) is 0 Å². The molecule has 0 N–H and O–H groups in total. The van der Waals surface area contributed by atoms with E-state index in [2.05, 4.69) is 50.9 Å². The van der Waals surface area contributed by atoms with E-state index in [-0.39, 0.29) is 0 Å². The molecule has 0 bridgehead atoms. The number of likely N-dealkylation sites (tertiary alicyclic amines) is 1. The van der Waals surface area contributed by atoms with Crippen LogP contribution >= 0.6 is 0 Å². The zero-order chi connectivity index (χ0) is 14.8. The van der Waals surface area contributed by atoms with E-state index >= 15 is 0 Å². The van der Waals surface area contributed by atoms with Crippen LogP contribution in [0.5, 0.6) is 0 Å². The summed E-state index contributed by atoms with van der Waals surface area (Å²) < 4.78 is 1.78. The minimum Gasteiger partial charge on any atom is -0.377 e. The van der Waals surface area contributed by atoms with Gasteiger partial charge in [-0.2, -0.15) is 4.68 Å². The predicted octanol–water partition coefficient (Wildman–Crippen LogP) is 2.88. The molecule has 1 aliphatic rings. The van der Waals surface area contributed by atoms with Crippen LogP contribution in [0.3, 0.4) is 0 Å². The number of benzene rings is 2. The molecule has 0 atom stereocenters. The third-order valence-corrected chi connectivity index (χ3v) is 4.05. The van der Waals surface area contributed by atoms with Crippen LogP contribution in [0.2, 0.25) is 0 Å². The fourth-order valence-electron chi connectivity index (χ4n) is 2.85. The molecule has 110 valence electrons. The fourth-order valence-corrected chi connectivity index (χ4v) is 2.85. The Labute approximate surface area is 128 Å². The molecule has 0 amide bonds. The second-order valence-electron chi connectivity index (χ2n) is 5.54. The Morgan fingerprint density at radius 3 is 2.64 bits per heavy atom. The Kier molecular flexibility index (Phi) is 3.31. The molecule has 5 heteroatoms. The monoisotopic (exact) mass is 291 g/mol. The first-order chi connectivity index (χ1) is 10.9. The Morgan fingerprint density at radius 2 is 1.77 bits per heavy atom. The maximum absolute atomic E-state index is 4.12. The fraction of sp³-hybridized carbons (Fsp3) is 0.235. The van der Waals surface area contributed by atoms with Gasteiger partial charge in [0, 0.05) is 25.4 Å². The summed E-state index contributed by atoms with van der Waals surface area (Å²) >= 11 is 0. The molecule has 2 aromatic carbocycles. The average Bonchev–Trinajstić information content (AvgIpc) is 3.24. The summed E-state index contributed by atoms with van der Waals surface area (Å²) in [7, 11) is 0. The molecule has 22 heavy (non-hydrogen) atoms. The van der Waals surface area contributed by atoms with E-state index in [1.165, 1.54) is 23.6 Å². The summed E-state index contributed by atoms with van der Waals surface area (Å²) in [5.41, 5.74) is 0.977. The van der Waals surface area contributed by atoms with Gasteiger partial charge in [0.1, 0.15) is 0 Å². The van der Waals surface area contributed by atoms with E-state index in [0.717, 1.165) is 24.6 Å². The molecule has 1 fully saturated rings. The number of fused-ring (bicyclic) bond motifs is 1. The van der Waals surface area contributed by atoms with Crippen LogP contribution in [0.4, 0.5) is 0 Å². The van der Waals surface area contributed by atoms with Gasteiger partial charge in [0.2, 0.25) is 0 Å². The van der Waals surface area contributed by atoms with Gasteiger partial charge in [0.15, 0.2) is 5.82 Å². The molecule has 4 rings (SSSR count). The van der Waals surface area contributed by atoms with Crippen molar-refractivity contribution in [1.82, 2.24) is 25.1 Å². The van der Waals surface area contributed by atoms with Gasteiger partial charge >= 0.3 is 0 Å². The number of tetrazole rings is 1. The lowest BCUT2D eigenvalue weighted by molar-refractivity contribution is 0.470. The molecule has 0 unspecified atom stereocenters. The van der Waals surface area contributed by atoms with Gasteiger partial charge < -0.3 is 4.90 Å². The first kappa shape index (κ1) is 13.0. The van der Waals surface area contributed by atoms with Crippen LogP contribution in [0.25, 0.3) is 22.5 Å². The predicted molar refractivity (Wildman–Crippen MR) is 86.5 cm³/mol. The summed E-state index contributed by atoms with van der Waals surface area (Å²) in [6, 6.07) is 14.5. The second-order valence-corrected chi connectivity index (χ2v) is 5.54. The Hall–Kier alpha value is -2.69. The molecule has 1 aromatic heterocycles. The zero-order valence-electron chi connectivity index (χ0n) is 12.3. The summed E-state index contributed by atoms with van der Waals surface area (Å²) in [6.45, 7) is 2.24. The molecule has 1 saturated heterocycles. The van der Waals surface area contributed by atoms with E-state index in [9.17, 15) is 0 Å². The van der Waals surface area contributed by atoms with Gasteiger partial charge in [-0.15, -0.1) is 5.10 Å². The summed E-state index contributed by atoms with van der Waals surface area (Å²) in [6.07, 6.45) is 6.61. The van der Waals surface area contributed by atoms with Crippen molar-refractivity contribution in [1.29, 1.82) is 0 Å². The van der Waals surface area contributed by atoms with Gasteiger partial charge in [-0.1, -0.05) is 30.3 Å². The highest BCUT2D eigenvalue weighted by Crippen LogP contribution is 2.19. The number of rotatable bonds is 3. The van der Waals surface area contributed by atoms with Crippen molar-refractivity contribution >= 4 is 16.8 Å². The largest absolute Gasteiger partial charge is 0.377 e. The van der Waals surface area contributed by atoms with E-state index < -0.39 is 0 Å². The summed E-state index contributed by atoms with van der Waals surface area (Å²) in [4.78, 5) is 2.30. The van der Waals surface area contributed by atoms with Crippen LogP contribution < -0.4 is 0 Å². The molecular weight excluding hydrogens is 274 g/mol. The molecule has 2 heterocycles. The molecule has 5 nitrogen and oxygen atoms in total. The SMILES string of the molecule is C(=C\N1CCCC1)/c1nnnn1-c1ccc2ccccc2c1. The quantitative estimate of drug-likeness (QED) is 0.744. The van der Waals surface area contributed by atoms with Crippen molar-refractivity contribution in [3.05, 3.63) is 54.5 Å². The third-order valence-electron chi connectivity index (χ3n) is 4.05. The topological polar surface area (TPSA) is 46.8 Å². The molecular formula is C17H17N5. The molecule has 0 aliphatic carbocycles. The lowest BCUT2D eigenvalue weighted by Gasteiger charge is -2.10. The molecule has 0 saturated carbocycles. The Morgan fingerprint density at radius 1 is 0.955 bits per heavy atom. The van der Waals surface area contributed by atoms with E-state index in [4.69, 9.17) is 0 Å². The Balaban J connectivity index is 1.68. The number of nitrogens with zero attached hydrogens (tertiary/aromatic N) is 5. The van der Waals surface area contributed by atoms with Crippen molar-refractivity contribution in [2.24, 2.45) is 0 Å². The second kappa shape index (κ2) is 5.60. The average molecular weight is 291 g/mol. The van der Waals surface area contributed by atoms with Crippen molar-refractivity contribution in [2.75, 3.05) is 13.1 Å². The van der Waals surface area contributed by atoms with Crippen molar-refractivity contribution < 1.29 is 0 Å². The van der Waals surface area contributed by atoms with E-state index in [1.54, 1.807) is 4.68 Å². The van der Waals surface area contributed by atoms with Crippen LogP contribution in [0.1, 0.15) is 18.7 Å². The standard InChI is InChI=1S/C17H17N5/c1-2-6-15-13-16(8-7-14(15)5-1)22-17(18-19-20-22)9-12-21-10-3-4-11-21/h1-2,5-9,12-13H,3-4,10-11H2/b12-9+. The van der Waals surface area contributed by atoms with Gasteiger partial charge in [-0.05, 0) is 46.2 Å². The van der Waals surface area contributed by atoms with Gasteiger partial charge in [0.05, 0.1) is 5.69 Å². The number of aromatic nitrogens is 4. The van der Waals surface area contributed by atoms with Crippen molar-refractivity contribution in [3.8, 4) is 5.69 Å². The number of hydrogen-bond donors (Lipinski definition) is 0. The first-order valence-electron chi connectivity index (χ1n) is 7.60. The van der Waals surface area contributed by atoms with Crippen LogP contribution in [0, 0.1) is 0 Å².